The second-order valence-electron chi connectivity index (χ2n) is 5.28. The van der Waals surface area contributed by atoms with Crippen molar-refractivity contribution in [3.8, 4) is 6.07 Å². The standard InChI is InChI=1S/C14H13NO2/c1-17-12(16)14-7-13(8-14,9-14)11-4-2-3-10(5-11)6-15/h2-5H,7-9H2,1H3. The van der Waals surface area contributed by atoms with Gasteiger partial charge in [0.15, 0.2) is 0 Å². The molecule has 3 saturated carbocycles. The lowest BCUT2D eigenvalue weighted by atomic mass is 9.33. The lowest BCUT2D eigenvalue weighted by molar-refractivity contribution is -0.198. The number of methoxy groups -OCH3 is 1. The van der Waals surface area contributed by atoms with Gasteiger partial charge in [-0.2, -0.15) is 5.26 Å². The summed E-state index contributed by atoms with van der Waals surface area (Å²) in [7, 11) is 1.45. The van der Waals surface area contributed by atoms with Crippen LogP contribution in [0, 0.1) is 16.7 Å². The Morgan fingerprint density at radius 2 is 2.12 bits per heavy atom. The van der Waals surface area contributed by atoms with Gasteiger partial charge < -0.3 is 4.74 Å². The van der Waals surface area contributed by atoms with E-state index in [9.17, 15) is 4.79 Å². The summed E-state index contributed by atoms with van der Waals surface area (Å²) in [5.41, 5.74) is 1.82. The normalized spacial score (nSPS) is 32.9. The predicted octanol–water partition coefficient (Wildman–Crippen LogP) is 2.15. The third-order valence-electron chi connectivity index (χ3n) is 4.25. The largest absolute Gasteiger partial charge is 0.469 e. The first-order chi connectivity index (χ1) is 8.14. The number of hydrogen-bond donors (Lipinski definition) is 0. The molecule has 17 heavy (non-hydrogen) atoms. The highest BCUT2D eigenvalue weighted by molar-refractivity contribution is 5.82. The van der Waals surface area contributed by atoms with E-state index in [0.717, 1.165) is 19.3 Å². The second-order valence-corrected chi connectivity index (χ2v) is 5.28. The zero-order chi connectivity index (χ0) is 12.1. The number of benzene rings is 1. The van der Waals surface area contributed by atoms with Crippen LogP contribution in [-0.2, 0) is 14.9 Å². The smallest absolute Gasteiger partial charge is 0.311 e. The minimum atomic E-state index is -0.211. The van der Waals surface area contributed by atoms with Gasteiger partial charge in [-0.3, -0.25) is 4.79 Å². The summed E-state index contributed by atoms with van der Waals surface area (Å²) in [6, 6.07) is 9.88. The average Bonchev–Trinajstić information content (AvgIpc) is 2.25. The fourth-order valence-electron chi connectivity index (χ4n) is 3.45. The van der Waals surface area contributed by atoms with Crippen molar-refractivity contribution in [3.05, 3.63) is 35.4 Å². The molecular formula is C14H13NO2. The summed E-state index contributed by atoms with van der Waals surface area (Å²) >= 11 is 0. The van der Waals surface area contributed by atoms with Gasteiger partial charge in [0.2, 0.25) is 0 Å². The molecule has 3 aliphatic carbocycles. The van der Waals surface area contributed by atoms with Gasteiger partial charge >= 0.3 is 5.97 Å². The molecule has 4 rings (SSSR count). The van der Waals surface area contributed by atoms with Gasteiger partial charge in [0.1, 0.15) is 0 Å². The predicted molar refractivity (Wildman–Crippen MR) is 61.1 cm³/mol. The molecule has 3 aliphatic rings. The fourth-order valence-corrected chi connectivity index (χ4v) is 3.45. The molecule has 3 heteroatoms. The molecule has 0 radical (unpaired) electrons. The van der Waals surface area contributed by atoms with E-state index in [1.165, 1.54) is 12.7 Å². The number of rotatable bonds is 2. The third kappa shape index (κ3) is 1.18. The molecule has 0 saturated heterocycles. The highest BCUT2D eigenvalue weighted by Crippen LogP contribution is 2.73. The molecule has 3 fully saturated rings. The first-order valence-corrected chi connectivity index (χ1v) is 5.73. The number of carbonyl (C=O) groups excluding carboxylic acids is 1. The van der Waals surface area contributed by atoms with Crippen LogP contribution in [0.2, 0.25) is 0 Å². The third-order valence-corrected chi connectivity index (χ3v) is 4.25. The van der Waals surface area contributed by atoms with Crippen molar-refractivity contribution in [2.24, 2.45) is 5.41 Å². The van der Waals surface area contributed by atoms with Crippen LogP contribution in [0.3, 0.4) is 0 Å². The van der Waals surface area contributed by atoms with Crippen LogP contribution in [0.4, 0.5) is 0 Å². The molecule has 0 amide bonds. The average molecular weight is 227 g/mol. The van der Waals surface area contributed by atoms with E-state index in [4.69, 9.17) is 10.00 Å². The topological polar surface area (TPSA) is 50.1 Å². The summed E-state index contributed by atoms with van der Waals surface area (Å²) < 4.78 is 4.83. The quantitative estimate of drug-likeness (QED) is 0.727. The Morgan fingerprint density at radius 1 is 1.41 bits per heavy atom. The van der Waals surface area contributed by atoms with Crippen LogP contribution in [-0.4, -0.2) is 13.1 Å². The summed E-state index contributed by atoms with van der Waals surface area (Å²) in [5.74, 6) is -0.0733. The molecule has 0 aliphatic heterocycles. The Balaban J connectivity index is 1.82. The molecule has 2 bridgehead atoms. The monoisotopic (exact) mass is 227 g/mol. The Morgan fingerprint density at radius 3 is 2.71 bits per heavy atom. The van der Waals surface area contributed by atoms with Crippen LogP contribution < -0.4 is 0 Å². The van der Waals surface area contributed by atoms with Crippen LogP contribution in [0.15, 0.2) is 24.3 Å². The number of esters is 1. The van der Waals surface area contributed by atoms with Crippen LogP contribution in [0.1, 0.15) is 30.4 Å². The van der Waals surface area contributed by atoms with E-state index in [1.54, 1.807) is 0 Å². The van der Waals surface area contributed by atoms with Gasteiger partial charge in [-0.05, 0) is 42.4 Å². The molecule has 0 aromatic heterocycles. The van der Waals surface area contributed by atoms with Crippen molar-refractivity contribution in [1.82, 2.24) is 0 Å². The molecular weight excluding hydrogens is 214 g/mol. The van der Waals surface area contributed by atoms with Crippen molar-refractivity contribution in [3.63, 3.8) is 0 Å². The Bertz CT molecular complexity index is 522. The number of hydrogen-bond acceptors (Lipinski definition) is 3. The van der Waals surface area contributed by atoms with Crippen molar-refractivity contribution in [2.75, 3.05) is 7.11 Å². The van der Waals surface area contributed by atoms with Gasteiger partial charge in [-0.1, -0.05) is 12.1 Å². The van der Waals surface area contributed by atoms with Gasteiger partial charge in [0.05, 0.1) is 24.2 Å². The van der Waals surface area contributed by atoms with Gasteiger partial charge in [-0.15, -0.1) is 0 Å². The van der Waals surface area contributed by atoms with Crippen LogP contribution in [0.5, 0.6) is 0 Å². The second kappa shape index (κ2) is 3.10. The number of ether oxygens (including phenoxy) is 1. The van der Waals surface area contributed by atoms with Crippen LogP contribution >= 0.6 is 0 Å². The first-order valence-electron chi connectivity index (χ1n) is 5.73. The fraction of sp³-hybridized carbons (Fsp3) is 0.429. The van der Waals surface area contributed by atoms with E-state index in [2.05, 4.69) is 12.1 Å². The molecule has 0 unspecified atom stereocenters. The summed E-state index contributed by atoms with van der Waals surface area (Å²) in [5, 5.41) is 8.88. The van der Waals surface area contributed by atoms with Crippen molar-refractivity contribution in [2.45, 2.75) is 24.7 Å². The summed E-state index contributed by atoms with van der Waals surface area (Å²) in [4.78, 5) is 11.6. The van der Waals surface area contributed by atoms with E-state index < -0.39 is 0 Å². The molecule has 0 N–H and O–H groups in total. The van der Waals surface area contributed by atoms with E-state index >= 15 is 0 Å². The number of carbonyl (C=O) groups is 1. The van der Waals surface area contributed by atoms with Crippen molar-refractivity contribution in [1.29, 1.82) is 5.26 Å². The molecule has 0 spiro atoms. The van der Waals surface area contributed by atoms with Crippen molar-refractivity contribution < 1.29 is 9.53 Å². The van der Waals surface area contributed by atoms with Crippen LogP contribution in [0.25, 0.3) is 0 Å². The molecule has 86 valence electrons. The maximum atomic E-state index is 11.6. The highest BCUT2D eigenvalue weighted by atomic mass is 16.5. The Kier molecular flexibility index (Phi) is 1.89. The summed E-state index contributed by atoms with van der Waals surface area (Å²) in [6.07, 6.45) is 2.63. The number of nitrogens with zero attached hydrogens (tertiary/aromatic N) is 1. The lowest BCUT2D eigenvalue weighted by Gasteiger charge is -2.68. The van der Waals surface area contributed by atoms with E-state index in [1.807, 2.05) is 18.2 Å². The minimum absolute atomic E-state index is 0.0733. The molecule has 1 aromatic rings. The van der Waals surface area contributed by atoms with Gasteiger partial charge in [0.25, 0.3) is 0 Å². The Hall–Kier alpha value is -1.82. The zero-order valence-corrected chi connectivity index (χ0v) is 9.69. The van der Waals surface area contributed by atoms with Gasteiger partial charge in [0, 0.05) is 0 Å². The minimum Gasteiger partial charge on any atom is -0.469 e. The van der Waals surface area contributed by atoms with E-state index in [-0.39, 0.29) is 16.8 Å². The van der Waals surface area contributed by atoms with Crippen molar-refractivity contribution >= 4 is 5.97 Å². The molecule has 0 heterocycles. The zero-order valence-electron chi connectivity index (χ0n) is 9.69. The number of nitriles is 1. The van der Waals surface area contributed by atoms with Gasteiger partial charge in [-0.25, -0.2) is 0 Å². The molecule has 3 nitrogen and oxygen atoms in total. The molecule has 1 aromatic carbocycles. The maximum Gasteiger partial charge on any atom is 0.311 e. The lowest BCUT2D eigenvalue weighted by Crippen LogP contribution is -2.68. The highest BCUT2D eigenvalue weighted by Gasteiger charge is 2.72. The summed E-state index contributed by atoms with van der Waals surface area (Å²) in [6.45, 7) is 0. The maximum absolute atomic E-state index is 11.6. The SMILES string of the molecule is COC(=O)C12CC(c3cccc(C#N)c3)(C1)C2. The van der Waals surface area contributed by atoms with E-state index in [0.29, 0.717) is 5.56 Å². The Labute approximate surface area is 100 Å². The first kappa shape index (κ1) is 10.3. The molecule has 0 atom stereocenters.